The van der Waals surface area contributed by atoms with Crippen molar-refractivity contribution >= 4 is 6.21 Å². The molecule has 76 valence electrons. The highest BCUT2D eigenvalue weighted by Crippen LogP contribution is 2.11. The number of ether oxygens (including phenoxy) is 1. The van der Waals surface area contributed by atoms with Gasteiger partial charge in [0, 0.05) is 0 Å². The molecule has 1 aromatic carbocycles. The average molecular weight is 200 g/mol. The van der Waals surface area contributed by atoms with Crippen LogP contribution in [0.2, 0.25) is 0 Å². The third-order valence-corrected chi connectivity index (χ3v) is 1.48. The summed E-state index contributed by atoms with van der Waals surface area (Å²) < 4.78 is 28.3. The van der Waals surface area contributed by atoms with E-state index >= 15 is 0 Å². The fourth-order valence-electron chi connectivity index (χ4n) is 0.895. The molecule has 0 radical (unpaired) electrons. The van der Waals surface area contributed by atoms with Crippen LogP contribution in [0.25, 0.3) is 0 Å². The third-order valence-electron chi connectivity index (χ3n) is 1.48. The number of hydrogen-bond donors (Lipinski definition) is 1. The van der Waals surface area contributed by atoms with Crippen molar-refractivity contribution in [3.8, 4) is 5.75 Å². The molecule has 0 aliphatic heterocycles. The monoisotopic (exact) mass is 200 g/mol. The molecule has 0 fully saturated rings. The molecule has 0 saturated heterocycles. The van der Waals surface area contributed by atoms with Crippen molar-refractivity contribution in [2.24, 2.45) is 10.9 Å². The van der Waals surface area contributed by atoms with Crippen LogP contribution in [0.15, 0.2) is 29.4 Å². The van der Waals surface area contributed by atoms with Gasteiger partial charge in [-0.05, 0) is 29.8 Å². The summed E-state index contributed by atoms with van der Waals surface area (Å²) >= 11 is 0. The van der Waals surface area contributed by atoms with Crippen molar-refractivity contribution in [1.82, 2.24) is 0 Å². The molecule has 0 aliphatic rings. The number of hydrogen-bond acceptors (Lipinski definition) is 3. The van der Waals surface area contributed by atoms with Crippen molar-refractivity contribution in [3.05, 3.63) is 29.8 Å². The van der Waals surface area contributed by atoms with Gasteiger partial charge in [-0.3, -0.25) is 0 Å². The van der Waals surface area contributed by atoms with Gasteiger partial charge in [-0.15, -0.1) is 0 Å². The standard InChI is InChI=1S/C9H10F2N2O/c10-9(11)6-14-8-3-1-7(2-4-8)5-13-12/h1-5,9H,6,12H2. The van der Waals surface area contributed by atoms with Crippen molar-refractivity contribution < 1.29 is 13.5 Å². The molecule has 5 heteroatoms. The quantitative estimate of drug-likeness (QED) is 0.456. The molecule has 0 aliphatic carbocycles. The van der Waals surface area contributed by atoms with Crippen LogP contribution in [-0.4, -0.2) is 19.2 Å². The highest BCUT2D eigenvalue weighted by molar-refractivity contribution is 5.79. The molecule has 0 aromatic heterocycles. The molecule has 0 unspecified atom stereocenters. The SMILES string of the molecule is NN=Cc1ccc(OCC(F)F)cc1. The van der Waals surface area contributed by atoms with Gasteiger partial charge in [0.2, 0.25) is 0 Å². The summed E-state index contributed by atoms with van der Waals surface area (Å²) in [6, 6.07) is 6.52. The van der Waals surface area contributed by atoms with Crippen LogP contribution in [0.1, 0.15) is 5.56 Å². The molecule has 0 heterocycles. The third kappa shape index (κ3) is 3.38. The Hall–Kier alpha value is -1.65. The maximum Gasteiger partial charge on any atom is 0.272 e. The number of rotatable bonds is 4. The summed E-state index contributed by atoms with van der Waals surface area (Å²) in [7, 11) is 0. The van der Waals surface area contributed by atoms with Gasteiger partial charge in [-0.1, -0.05) is 0 Å². The first-order chi connectivity index (χ1) is 6.72. The van der Waals surface area contributed by atoms with Crippen LogP contribution in [0.5, 0.6) is 5.75 Å². The van der Waals surface area contributed by atoms with E-state index < -0.39 is 13.0 Å². The van der Waals surface area contributed by atoms with Gasteiger partial charge in [0.25, 0.3) is 6.43 Å². The van der Waals surface area contributed by atoms with Crippen LogP contribution in [0.3, 0.4) is 0 Å². The van der Waals surface area contributed by atoms with E-state index in [0.717, 1.165) is 5.56 Å². The minimum absolute atomic E-state index is 0.402. The summed E-state index contributed by atoms with van der Waals surface area (Å²) in [5.74, 6) is 5.34. The zero-order chi connectivity index (χ0) is 10.4. The number of benzene rings is 1. The fraction of sp³-hybridized carbons (Fsp3) is 0.222. The Morgan fingerprint density at radius 1 is 1.36 bits per heavy atom. The van der Waals surface area contributed by atoms with E-state index in [1.807, 2.05) is 0 Å². The Labute approximate surface area is 80.2 Å². The highest BCUT2D eigenvalue weighted by Gasteiger charge is 2.02. The zero-order valence-corrected chi connectivity index (χ0v) is 7.36. The molecule has 0 spiro atoms. The first kappa shape index (κ1) is 10.4. The van der Waals surface area contributed by atoms with Crippen molar-refractivity contribution in [3.63, 3.8) is 0 Å². The number of hydrazone groups is 1. The smallest absolute Gasteiger partial charge is 0.272 e. The average Bonchev–Trinajstić information content (AvgIpc) is 2.17. The topological polar surface area (TPSA) is 47.6 Å². The Bertz CT molecular complexity index is 298. The van der Waals surface area contributed by atoms with Gasteiger partial charge in [0.1, 0.15) is 12.4 Å². The van der Waals surface area contributed by atoms with E-state index in [2.05, 4.69) is 5.10 Å². The summed E-state index contributed by atoms with van der Waals surface area (Å²) in [4.78, 5) is 0. The Morgan fingerprint density at radius 2 is 2.00 bits per heavy atom. The molecular weight excluding hydrogens is 190 g/mol. The molecule has 2 N–H and O–H groups in total. The molecular formula is C9H10F2N2O. The van der Waals surface area contributed by atoms with E-state index in [9.17, 15) is 8.78 Å². The molecule has 0 atom stereocenters. The van der Waals surface area contributed by atoms with Crippen molar-refractivity contribution in [1.29, 1.82) is 0 Å². The minimum Gasteiger partial charge on any atom is -0.488 e. The minimum atomic E-state index is -2.46. The predicted octanol–water partition coefficient (Wildman–Crippen LogP) is 1.62. The lowest BCUT2D eigenvalue weighted by Gasteiger charge is -2.04. The molecule has 14 heavy (non-hydrogen) atoms. The van der Waals surface area contributed by atoms with Crippen LogP contribution >= 0.6 is 0 Å². The van der Waals surface area contributed by atoms with Gasteiger partial charge >= 0.3 is 0 Å². The largest absolute Gasteiger partial charge is 0.488 e. The second-order valence-corrected chi connectivity index (χ2v) is 2.55. The van der Waals surface area contributed by atoms with Gasteiger partial charge < -0.3 is 10.6 Å². The van der Waals surface area contributed by atoms with E-state index in [0.29, 0.717) is 5.75 Å². The van der Waals surface area contributed by atoms with Gasteiger partial charge in [-0.25, -0.2) is 8.78 Å². The Kier molecular flexibility index (Phi) is 3.84. The molecule has 0 saturated carbocycles. The maximum atomic E-state index is 11.8. The molecule has 0 bridgehead atoms. The first-order valence-electron chi connectivity index (χ1n) is 3.96. The fourth-order valence-corrected chi connectivity index (χ4v) is 0.895. The van der Waals surface area contributed by atoms with Gasteiger partial charge in [0.05, 0.1) is 6.21 Å². The Morgan fingerprint density at radius 3 is 2.50 bits per heavy atom. The maximum absolute atomic E-state index is 11.8. The van der Waals surface area contributed by atoms with Gasteiger partial charge in [-0.2, -0.15) is 5.10 Å². The molecule has 1 aromatic rings. The van der Waals surface area contributed by atoms with Crippen molar-refractivity contribution in [2.75, 3.05) is 6.61 Å². The summed E-state index contributed by atoms with van der Waals surface area (Å²) in [6.45, 7) is -0.593. The summed E-state index contributed by atoms with van der Waals surface area (Å²) in [5.41, 5.74) is 0.789. The van der Waals surface area contributed by atoms with E-state index in [1.165, 1.54) is 6.21 Å². The van der Waals surface area contributed by atoms with Crippen LogP contribution in [0, 0.1) is 0 Å². The lowest BCUT2D eigenvalue weighted by molar-refractivity contribution is 0.0819. The van der Waals surface area contributed by atoms with Crippen molar-refractivity contribution in [2.45, 2.75) is 6.43 Å². The van der Waals surface area contributed by atoms with E-state index in [1.54, 1.807) is 24.3 Å². The second kappa shape index (κ2) is 5.16. The Balaban J connectivity index is 2.55. The van der Waals surface area contributed by atoms with Crippen LogP contribution in [0.4, 0.5) is 8.78 Å². The lowest BCUT2D eigenvalue weighted by Crippen LogP contribution is -2.06. The molecule has 1 rings (SSSR count). The number of nitrogens with two attached hydrogens (primary N) is 1. The predicted molar refractivity (Wildman–Crippen MR) is 49.7 cm³/mol. The normalized spacial score (nSPS) is 11.1. The van der Waals surface area contributed by atoms with E-state index in [4.69, 9.17) is 10.6 Å². The number of halogens is 2. The zero-order valence-electron chi connectivity index (χ0n) is 7.36. The van der Waals surface area contributed by atoms with E-state index in [-0.39, 0.29) is 0 Å². The number of nitrogens with zero attached hydrogens (tertiary/aromatic N) is 1. The van der Waals surface area contributed by atoms with Gasteiger partial charge in [0.15, 0.2) is 0 Å². The molecule has 3 nitrogen and oxygen atoms in total. The number of alkyl halides is 2. The van der Waals surface area contributed by atoms with Crippen LogP contribution < -0.4 is 10.6 Å². The second-order valence-electron chi connectivity index (χ2n) is 2.55. The highest BCUT2D eigenvalue weighted by atomic mass is 19.3. The first-order valence-corrected chi connectivity index (χ1v) is 3.96. The van der Waals surface area contributed by atoms with Crippen LogP contribution in [-0.2, 0) is 0 Å². The summed E-state index contributed by atoms with van der Waals surface area (Å²) in [6.07, 6.45) is -1.00. The summed E-state index contributed by atoms with van der Waals surface area (Å²) in [5, 5.41) is 3.32. The lowest BCUT2D eigenvalue weighted by atomic mass is 10.2. The molecule has 0 amide bonds.